The monoisotopic (exact) mass is 772 g/mol. The Hall–Kier alpha value is -4.12. The summed E-state index contributed by atoms with van der Waals surface area (Å²) in [5.41, 5.74) is 0.00569. The molecule has 1 spiro atoms. The van der Waals surface area contributed by atoms with Gasteiger partial charge in [0.05, 0.1) is 23.3 Å². The number of nitrogens with one attached hydrogen (secondary N) is 5. The predicted molar refractivity (Wildman–Crippen MR) is 203 cm³/mol. The molecule has 5 amide bonds. The second kappa shape index (κ2) is 18.8. The van der Waals surface area contributed by atoms with Crippen LogP contribution in [0.15, 0.2) is 36.7 Å². The summed E-state index contributed by atoms with van der Waals surface area (Å²) >= 11 is 3.42. The van der Waals surface area contributed by atoms with E-state index >= 15 is 0 Å². The van der Waals surface area contributed by atoms with Gasteiger partial charge >= 0.3 is 6.09 Å². The van der Waals surface area contributed by atoms with Crippen LogP contribution in [0.1, 0.15) is 84.7 Å². The molecular formula is C36H52N8O7S2. The third-order valence-electron chi connectivity index (χ3n) is 8.81. The van der Waals surface area contributed by atoms with Crippen molar-refractivity contribution in [1.82, 2.24) is 41.3 Å². The standard InChI is InChI=1S/C36H52N8O7S2/c1-7-12-24(28(46)32(48)37-18-26(45)41-27(30-38-21-39-43-30)23-13-9-8-10-14-23)40-31(47)25-17-36(52-15-11-16-53-36)20-44(25)33(49)29(35(4,5)6)42-34(50)51-19-22(2)3/h8-10,13-14,21-22,24-25,27,29H,7,11-12,15-20H2,1-6H3,(H,37,48)(H,40,47)(H,41,45)(H,42,50)(H,38,39,43)/t24?,25-,27?,29?/m0/s1. The second-order valence-corrected chi connectivity index (χ2v) is 18.0. The summed E-state index contributed by atoms with van der Waals surface area (Å²) in [7, 11) is 0. The molecule has 4 rings (SSSR count). The molecule has 5 N–H and O–H groups in total. The van der Waals surface area contributed by atoms with E-state index in [0.717, 1.165) is 23.5 Å². The number of likely N-dealkylation sites (tertiary alicyclic amines) is 1. The van der Waals surface area contributed by atoms with Crippen LogP contribution in [0.3, 0.4) is 0 Å². The zero-order chi connectivity index (χ0) is 38.8. The van der Waals surface area contributed by atoms with Crippen molar-refractivity contribution < 1.29 is 33.5 Å². The van der Waals surface area contributed by atoms with Crippen molar-refractivity contribution in [2.45, 2.75) is 95.5 Å². The van der Waals surface area contributed by atoms with Crippen LogP contribution in [-0.4, -0.2) is 109 Å². The molecule has 4 atom stereocenters. The highest BCUT2D eigenvalue weighted by molar-refractivity contribution is 8.18. The van der Waals surface area contributed by atoms with Crippen LogP contribution in [0.2, 0.25) is 0 Å². The number of aromatic amines is 1. The molecule has 0 bridgehead atoms. The molecule has 1 aromatic carbocycles. The molecule has 2 aromatic rings. The lowest BCUT2D eigenvalue weighted by molar-refractivity contribution is -0.144. The first-order valence-electron chi connectivity index (χ1n) is 18.0. The highest BCUT2D eigenvalue weighted by Gasteiger charge is 2.53. The van der Waals surface area contributed by atoms with Crippen molar-refractivity contribution in [2.24, 2.45) is 11.3 Å². The summed E-state index contributed by atoms with van der Waals surface area (Å²) in [6, 6.07) is 5.25. The minimum atomic E-state index is -1.19. The Bertz CT molecular complexity index is 1580. The van der Waals surface area contributed by atoms with E-state index in [4.69, 9.17) is 4.74 Å². The molecule has 15 nitrogen and oxygen atoms in total. The maximum absolute atomic E-state index is 14.3. The largest absolute Gasteiger partial charge is 0.449 e. The lowest BCUT2D eigenvalue weighted by Gasteiger charge is -2.36. The topological polar surface area (TPSA) is 205 Å². The number of thioether (sulfide) groups is 2. The number of ether oxygens (including phenoxy) is 1. The Morgan fingerprint density at radius 3 is 2.34 bits per heavy atom. The summed E-state index contributed by atoms with van der Waals surface area (Å²) in [6.07, 6.45) is 2.57. The van der Waals surface area contributed by atoms with Crippen molar-refractivity contribution in [1.29, 1.82) is 0 Å². The molecule has 0 saturated carbocycles. The number of rotatable bonds is 15. The lowest BCUT2D eigenvalue weighted by atomic mass is 9.85. The number of nitrogens with zero attached hydrogens (tertiary/aromatic N) is 3. The molecule has 2 fully saturated rings. The zero-order valence-corrected chi connectivity index (χ0v) is 32.9. The average molecular weight is 773 g/mol. The normalized spacial score (nSPS) is 18.5. The van der Waals surface area contributed by atoms with E-state index in [-0.39, 0.29) is 25.5 Å². The van der Waals surface area contributed by atoms with Crippen LogP contribution in [0.4, 0.5) is 4.79 Å². The molecule has 3 unspecified atom stereocenters. The molecule has 53 heavy (non-hydrogen) atoms. The van der Waals surface area contributed by atoms with Gasteiger partial charge in [-0.05, 0) is 41.2 Å². The molecule has 290 valence electrons. The number of carbonyl (C=O) groups excluding carboxylic acids is 6. The number of hydrogen-bond donors (Lipinski definition) is 5. The van der Waals surface area contributed by atoms with E-state index in [1.165, 1.54) is 11.2 Å². The molecule has 2 aliphatic heterocycles. The molecule has 0 radical (unpaired) electrons. The van der Waals surface area contributed by atoms with Crippen molar-refractivity contribution in [2.75, 3.05) is 31.2 Å². The minimum Gasteiger partial charge on any atom is -0.449 e. The molecule has 2 saturated heterocycles. The summed E-state index contributed by atoms with van der Waals surface area (Å²) in [5.74, 6) is -1.25. The van der Waals surface area contributed by atoms with Crippen LogP contribution < -0.4 is 21.3 Å². The minimum absolute atomic E-state index is 0.103. The number of alkyl carbamates (subject to hydrolysis) is 1. The Balaban J connectivity index is 1.46. The number of ketones is 1. The molecular weight excluding hydrogens is 721 g/mol. The number of H-pyrrole nitrogens is 1. The Morgan fingerprint density at radius 2 is 1.74 bits per heavy atom. The third-order valence-corrected chi connectivity index (χ3v) is 12.1. The Kier molecular flexibility index (Phi) is 14.7. The number of benzene rings is 1. The SMILES string of the molecule is CCCC(NC(=O)[C@@H]1CC2(CN1C(=O)C(NC(=O)OCC(C)C)C(C)(C)C)SCCCS2)C(=O)C(=O)NCC(=O)NC(c1ccccc1)c1ncn[nH]1. The number of Topliss-reactive ketones (excluding diaryl/α,β-unsaturated/α-hetero) is 1. The van der Waals surface area contributed by atoms with Gasteiger partial charge in [0.25, 0.3) is 5.91 Å². The fourth-order valence-corrected chi connectivity index (χ4v) is 9.45. The van der Waals surface area contributed by atoms with Gasteiger partial charge in [-0.2, -0.15) is 5.10 Å². The maximum Gasteiger partial charge on any atom is 0.407 e. The summed E-state index contributed by atoms with van der Waals surface area (Å²) < 4.78 is 4.89. The average Bonchev–Trinajstić information content (AvgIpc) is 3.79. The van der Waals surface area contributed by atoms with Crippen molar-refractivity contribution in [3.05, 3.63) is 48.0 Å². The second-order valence-electron chi connectivity index (χ2n) is 14.8. The first kappa shape index (κ1) is 41.6. The van der Waals surface area contributed by atoms with Gasteiger partial charge in [-0.1, -0.05) is 78.3 Å². The van der Waals surface area contributed by atoms with Gasteiger partial charge < -0.3 is 30.9 Å². The number of aromatic nitrogens is 3. The van der Waals surface area contributed by atoms with Crippen LogP contribution >= 0.6 is 23.5 Å². The molecule has 1 aromatic heterocycles. The van der Waals surface area contributed by atoms with E-state index in [9.17, 15) is 28.8 Å². The summed E-state index contributed by atoms with van der Waals surface area (Å²) in [5, 5.41) is 17.3. The highest BCUT2D eigenvalue weighted by atomic mass is 32.2. The Labute approximate surface area is 319 Å². The van der Waals surface area contributed by atoms with Crippen LogP contribution in [-0.2, 0) is 28.7 Å². The molecule has 2 aliphatic rings. The van der Waals surface area contributed by atoms with Crippen LogP contribution in [0, 0.1) is 11.3 Å². The zero-order valence-electron chi connectivity index (χ0n) is 31.2. The first-order chi connectivity index (χ1) is 25.1. The van der Waals surface area contributed by atoms with Crippen molar-refractivity contribution in [3.8, 4) is 0 Å². The lowest BCUT2D eigenvalue weighted by Crippen LogP contribution is -2.59. The van der Waals surface area contributed by atoms with Gasteiger partial charge in [-0.25, -0.2) is 9.78 Å². The van der Waals surface area contributed by atoms with Gasteiger partial charge in [0.2, 0.25) is 23.5 Å². The maximum atomic E-state index is 14.3. The van der Waals surface area contributed by atoms with Gasteiger partial charge in [0.15, 0.2) is 5.82 Å². The summed E-state index contributed by atoms with van der Waals surface area (Å²) in [4.78, 5) is 86.4. The van der Waals surface area contributed by atoms with Gasteiger partial charge in [-0.3, -0.25) is 29.1 Å². The number of carbonyl (C=O) groups is 6. The van der Waals surface area contributed by atoms with Crippen molar-refractivity contribution >= 4 is 59.0 Å². The number of hydrogen-bond acceptors (Lipinski definition) is 11. The molecule has 3 heterocycles. The molecule has 17 heteroatoms. The van der Waals surface area contributed by atoms with E-state index in [1.54, 1.807) is 23.5 Å². The van der Waals surface area contributed by atoms with E-state index in [2.05, 4.69) is 36.4 Å². The fraction of sp³-hybridized carbons (Fsp3) is 0.611. The predicted octanol–water partition coefficient (Wildman–Crippen LogP) is 2.94. The third kappa shape index (κ3) is 11.4. The van der Waals surface area contributed by atoms with E-state index < -0.39 is 75.7 Å². The van der Waals surface area contributed by atoms with Gasteiger partial charge in [-0.15, -0.1) is 23.5 Å². The van der Waals surface area contributed by atoms with E-state index in [1.807, 2.05) is 71.9 Å². The fourth-order valence-electron chi connectivity index (χ4n) is 6.10. The summed E-state index contributed by atoms with van der Waals surface area (Å²) in [6.45, 7) is 11.1. The highest BCUT2D eigenvalue weighted by Crippen LogP contribution is 2.50. The van der Waals surface area contributed by atoms with Gasteiger partial charge in [0, 0.05) is 13.0 Å². The first-order valence-corrected chi connectivity index (χ1v) is 19.9. The van der Waals surface area contributed by atoms with Crippen LogP contribution in [0.25, 0.3) is 0 Å². The molecule has 0 aliphatic carbocycles. The quantitative estimate of drug-likeness (QED) is 0.167. The van der Waals surface area contributed by atoms with Gasteiger partial charge in [0.1, 0.15) is 24.5 Å². The smallest absolute Gasteiger partial charge is 0.407 e. The Morgan fingerprint density at radius 1 is 1.04 bits per heavy atom. The van der Waals surface area contributed by atoms with Crippen molar-refractivity contribution in [3.63, 3.8) is 0 Å². The number of amides is 5. The van der Waals surface area contributed by atoms with Crippen LogP contribution in [0.5, 0.6) is 0 Å². The van der Waals surface area contributed by atoms with E-state index in [0.29, 0.717) is 18.7 Å².